The van der Waals surface area contributed by atoms with E-state index in [-0.39, 0.29) is 12.4 Å². The van der Waals surface area contributed by atoms with Crippen LogP contribution in [0, 0.1) is 6.92 Å². The van der Waals surface area contributed by atoms with Crippen LogP contribution < -0.4 is 10.1 Å². The summed E-state index contributed by atoms with van der Waals surface area (Å²) in [6, 6.07) is 17.2. The van der Waals surface area contributed by atoms with Crippen molar-refractivity contribution in [2.75, 3.05) is 6.61 Å². The fourth-order valence-electron chi connectivity index (χ4n) is 3.14. The summed E-state index contributed by atoms with van der Waals surface area (Å²) in [7, 11) is 0. The Morgan fingerprint density at radius 1 is 1.00 bits per heavy atom. The summed E-state index contributed by atoms with van der Waals surface area (Å²) in [5.74, 6) is 0.113. The van der Waals surface area contributed by atoms with Gasteiger partial charge in [0.2, 0.25) is 17.7 Å². The average molecular weight is 468 g/mol. The topological polar surface area (TPSA) is 90.1 Å². The Morgan fingerprint density at radius 3 is 2.47 bits per heavy atom. The number of aromatic nitrogens is 3. The second-order valence-corrected chi connectivity index (χ2v) is 7.36. The van der Waals surface area contributed by atoms with E-state index < -0.39 is 18.7 Å². The SMILES string of the molecule is Cc1ccccc1-c1nnc(-c2ccc(C(=O)NCc3cccnc3OCC(F)(F)F)cc2)o1. The maximum Gasteiger partial charge on any atom is 0.422 e. The van der Waals surface area contributed by atoms with Gasteiger partial charge in [0.05, 0.1) is 0 Å². The van der Waals surface area contributed by atoms with Crippen LogP contribution in [-0.2, 0) is 6.54 Å². The molecule has 2 aromatic heterocycles. The molecular formula is C24H19F3N4O3. The zero-order valence-electron chi connectivity index (χ0n) is 18.0. The van der Waals surface area contributed by atoms with Crippen LogP contribution in [0.2, 0.25) is 0 Å². The molecule has 0 aliphatic rings. The first-order valence-corrected chi connectivity index (χ1v) is 10.2. The van der Waals surface area contributed by atoms with Gasteiger partial charge < -0.3 is 14.5 Å². The molecule has 2 heterocycles. The molecule has 0 aliphatic heterocycles. The highest BCUT2D eigenvalue weighted by molar-refractivity contribution is 5.94. The molecule has 1 N–H and O–H groups in total. The molecule has 10 heteroatoms. The molecule has 4 rings (SSSR count). The first-order chi connectivity index (χ1) is 16.3. The minimum absolute atomic E-state index is 0.0505. The number of hydrogen-bond acceptors (Lipinski definition) is 6. The van der Waals surface area contributed by atoms with E-state index in [1.54, 1.807) is 30.3 Å². The Hall–Kier alpha value is -4.21. The number of rotatable bonds is 7. The minimum Gasteiger partial charge on any atom is -0.468 e. The van der Waals surface area contributed by atoms with Crippen molar-refractivity contribution < 1.29 is 27.1 Å². The molecular weight excluding hydrogens is 449 g/mol. The summed E-state index contributed by atoms with van der Waals surface area (Å²) in [5.41, 5.74) is 3.16. The largest absolute Gasteiger partial charge is 0.468 e. The van der Waals surface area contributed by atoms with Crippen LogP contribution in [0.5, 0.6) is 5.88 Å². The standard InChI is InChI=1S/C24H19F3N4O3/c1-15-5-2-3-7-19(15)23-31-30-22(34-23)17-10-8-16(9-11-17)20(32)29-13-18-6-4-12-28-21(18)33-14-24(25,26)27/h2-12H,13-14H2,1H3,(H,29,32). The lowest BCUT2D eigenvalue weighted by Gasteiger charge is -2.12. The molecule has 0 spiro atoms. The van der Waals surface area contributed by atoms with Crippen LogP contribution in [0.4, 0.5) is 13.2 Å². The highest BCUT2D eigenvalue weighted by Crippen LogP contribution is 2.26. The number of alkyl halides is 3. The summed E-state index contributed by atoms with van der Waals surface area (Å²) >= 11 is 0. The lowest BCUT2D eigenvalue weighted by molar-refractivity contribution is -0.154. The molecule has 174 valence electrons. The van der Waals surface area contributed by atoms with E-state index in [9.17, 15) is 18.0 Å². The lowest BCUT2D eigenvalue weighted by Crippen LogP contribution is -2.24. The molecule has 0 radical (unpaired) electrons. The molecule has 7 nitrogen and oxygen atoms in total. The maximum absolute atomic E-state index is 12.5. The van der Waals surface area contributed by atoms with Crippen molar-refractivity contribution in [1.29, 1.82) is 0 Å². The monoisotopic (exact) mass is 468 g/mol. The molecule has 34 heavy (non-hydrogen) atoms. The van der Waals surface area contributed by atoms with Crippen LogP contribution in [0.25, 0.3) is 22.9 Å². The van der Waals surface area contributed by atoms with Crippen LogP contribution in [-0.4, -0.2) is 33.9 Å². The van der Waals surface area contributed by atoms with Crippen LogP contribution in [0.3, 0.4) is 0 Å². The third-order valence-corrected chi connectivity index (χ3v) is 4.86. The van der Waals surface area contributed by atoms with E-state index in [1.807, 2.05) is 31.2 Å². The van der Waals surface area contributed by atoms with Crippen molar-refractivity contribution in [1.82, 2.24) is 20.5 Å². The third kappa shape index (κ3) is 5.58. The Balaban J connectivity index is 1.41. The maximum atomic E-state index is 12.5. The van der Waals surface area contributed by atoms with Crippen LogP contribution in [0.1, 0.15) is 21.5 Å². The second kappa shape index (κ2) is 9.74. The predicted molar refractivity (Wildman–Crippen MR) is 117 cm³/mol. The van der Waals surface area contributed by atoms with Crippen molar-refractivity contribution in [3.63, 3.8) is 0 Å². The Labute approximate surface area is 192 Å². The molecule has 0 fully saturated rings. The summed E-state index contributed by atoms with van der Waals surface area (Å²) in [6.07, 6.45) is -3.17. The van der Waals surface area contributed by atoms with Gasteiger partial charge in [0.15, 0.2) is 6.61 Å². The first-order valence-electron chi connectivity index (χ1n) is 10.2. The summed E-state index contributed by atoms with van der Waals surface area (Å²) in [4.78, 5) is 16.3. The zero-order valence-corrected chi connectivity index (χ0v) is 18.0. The Bertz CT molecular complexity index is 1290. The van der Waals surface area contributed by atoms with Gasteiger partial charge >= 0.3 is 6.18 Å². The number of nitrogens with zero attached hydrogens (tertiary/aromatic N) is 3. The number of hydrogen-bond donors (Lipinski definition) is 1. The molecule has 4 aromatic rings. The Morgan fingerprint density at radius 2 is 1.74 bits per heavy atom. The van der Waals surface area contributed by atoms with Gasteiger partial charge in [-0.2, -0.15) is 13.2 Å². The molecule has 0 aliphatic carbocycles. The van der Waals surface area contributed by atoms with E-state index in [2.05, 4.69) is 20.5 Å². The minimum atomic E-state index is -4.49. The van der Waals surface area contributed by atoms with Gasteiger partial charge in [0, 0.05) is 35.0 Å². The summed E-state index contributed by atoms with van der Waals surface area (Å²) in [5, 5.41) is 10.8. The smallest absolute Gasteiger partial charge is 0.422 e. The number of aryl methyl sites for hydroxylation is 1. The van der Waals surface area contributed by atoms with E-state index in [0.717, 1.165) is 11.1 Å². The van der Waals surface area contributed by atoms with E-state index in [1.165, 1.54) is 12.3 Å². The van der Waals surface area contributed by atoms with Gasteiger partial charge in [-0.05, 0) is 48.9 Å². The number of ether oxygens (including phenoxy) is 1. The van der Waals surface area contributed by atoms with Gasteiger partial charge in [-0.25, -0.2) is 4.98 Å². The van der Waals surface area contributed by atoms with Gasteiger partial charge in [0.1, 0.15) is 0 Å². The lowest BCUT2D eigenvalue weighted by atomic mass is 10.1. The third-order valence-electron chi connectivity index (χ3n) is 4.86. The van der Waals surface area contributed by atoms with Crippen molar-refractivity contribution >= 4 is 5.91 Å². The van der Waals surface area contributed by atoms with Crippen molar-refractivity contribution in [2.24, 2.45) is 0 Å². The zero-order chi connectivity index (χ0) is 24.1. The van der Waals surface area contributed by atoms with E-state index >= 15 is 0 Å². The fourth-order valence-corrected chi connectivity index (χ4v) is 3.14. The van der Waals surface area contributed by atoms with Crippen molar-refractivity contribution in [3.8, 4) is 28.8 Å². The van der Waals surface area contributed by atoms with Gasteiger partial charge in [-0.15, -0.1) is 10.2 Å². The average Bonchev–Trinajstić information content (AvgIpc) is 3.32. The normalized spacial score (nSPS) is 11.3. The summed E-state index contributed by atoms with van der Waals surface area (Å²) in [6.45, 7) is 0.433. The highest BCUT2D eigenvalue weighted by atomic mass is 19.4. The molecule has 0 saturated heterocycles. The molecule has 2 aromatic carbocycles. The quantitative estimate of drug-likeness (QED) is 0.412. The van der Waals surface area contributed by atoms with Crippen molar-refractivity contribution in [2.45, 2.75) is 19.6 Å². The number of benzene rings is 2. The van der Waals surface area contributed by atoms with Crippen LogP contribution in [0.15, 0.2) is 71.3 Å². The fraction of sp³-hybridized carbons (Fsp3) is 0.167. The highest BCUT2D eigenvalue weighted by Gasteiger charge is 2.29. The Kier molecular flexibility index (Phi) is 6.58. The number of halogens is 3. The predicted octanol–water partition coefficient (Wildman–Crippen LogP) is 4.98. The van der Waals surface area contributed by atoms with Crippen LogP contribution >= 0.6 is 0 Å². The number of carbonyl (C=O) groups is 1. The molecule has 0 saturated carbocycles. The molecule has 0 bridgehead atoms. The second-order valence-electron chi connectivity index (χ2n) is 7.36. The number of nitrogens with one attached hydrogen (secondary N) is 1. The van der Waals surface area contributed by atoms with Crippen molar-refractivity contribution in [3.05, 3.63) is 83.6 Å². The van der Waals surface area contributed by atoms with E-state index in [0.29, 0.717) is 28.5 Å². The molecule has 0 atom stereocenters. The summed E-state index contributed by atoms with van der Waals surface area (Å²) < 4.78 is 47.8. The number of pyridine rings is 1. The molecule has 1 amide bonds. The number of amides is 1. The van der Waals surface area contributed by atoms with Gasteiger partial charge in [-0.1, -0.05) is 24.3 Å². The number of carbonyl (C=O) groups excluding carboxylic acids is 1. The van der Waals surface area contributed by atoms with Gasteiger partial charge in [-0.3, -0.25) is 4.79 Å². The molecule has 0 unspecified atom stereocenters. The first kappa shape index (κ1) is 23.0. The van der Waals surface area contributed by atoms with E-state index in [4.69, 9.17) is 9.15 Å². The van der Waals surface area contributed by atoms with Gasteiger partial charge in [0.25, 0.3) is 5.91 Å².